The lowest BCUT2D eigenvalue weighted by molar-refractivity contribution is 0.569. The first-order chi connectivity index (χ1) is 8.87. The molecule has 0 N–H and O–H groups in total. The van der Waals surface area contributed by atoms with Crippen LogP contribution in [-0.4, -0.2) is 17.0 Å². The first kappa shape index (κ1) is 14.5. The van der Waals surface area contributed by atoms with Crippen LogP contribution in [0.15, 0.2) is 23.2 Å². The summed E-state index contributed by atoms with van der Waals surface area (Å²) in [5.74, 6) is 0. The number of fused-ring (bicyclic) bond motifs is 1. The van der Waals surface area contributed by atoms with E-state index < -0.39 is 7.14 Å². The first-order valence-corrected chi connectivity index (χ1v) is 8.98. The zero-order valence-electron chi connectivity index (χ0n) is 12.6. The Labute approximate surface area is 116 Å². The Balaban J connectivity index is 2.68. The highest BCUT2D eigenvalue weighted by Crippen LogP contribution is 2.56. The van der Waals surface area contributed by atoms with Crippen molar-refractivity contribution in [2.24, 2.45) is 4.99 Å². The molecule has 1 aromatic rings. The fourth-order valence-electron chi connectivity index (χ4n) is 2.91. The van der Waals surface area contributed by atoms with Crippen LogP contribution in [0.25, 0.3) is 0 Å². The van der Waals surface area contributed by atoms with Crippen LogP contribution in [0.3, 0.4) is 0 Å². The maximum Gasteiger partial charge on any atom is 0.122 e. The Morgan fingerprint density at radius 1 is 1.11 bits per heavy atom. The van der Waals surface area contributed by atoms with Gasteiger partial charge in [-0.1, -0.05) is 39.8 Å². The second-order valence-corrected chi connectivity index (χ2v) is 9.99. The predicted molar refractivity (Wildman–Crippen MR) is 85.0 cm³/mol. The summed E-state index contributed by atoms with van der Waals surface area (Å²) in [6.45, 7) is 10.3. The van der Waals surface area contributed by atoms with E-state index in [2.05, 4.69) is 40.7 Å². The van der Waals surface area contributed by atoms with Gasteiger partial charge in [0, 0.05) is 22.3 Å². The highest BCUT2D eigenvalue weighted by Gasteiger charge is 2.35. The van der Waals surface area contributed by atoms with Crippen molar-refractivity contribution in [2.45, 2.75) is 58.8 Å². The van der Waals surface area contributed by atoms with E-state index in [9.17, 15) is 4.57 Å². The smallest absolute Gasteiger partial charge is 0.122 e. The maximum atomic E-state index is 13.5. The van der Waals surface area contributed by atoms with Gasteiger partial charge in [0.25, 0.3) is 0 Å². The molecule has 19 heavy (non-hydrogen) atoms. The van der Waals surface area contributed by atoms with Crippen molar-refractivity contribution in [3.63, 3.8) is 0 Å². The van der Waals surface area contributed by atoms with Crippen molar-refractivity contribution < 1.29 is 4.57 Å². The summed E-state index contributed by atoms with van der Waals surface area (Å²) in [5, 5.41) is 0.994. The molecular formula is C16H24NOP. The molecule has 2 nitrogen and oxygen atoms in total. The zero-order chi connectivity index (χ0) is 14.2. The van der Waals surface area contributed by atoms with Crippen LogP contribution in [0.4, 0.5) is 5.69 Å². The highest BCUT2D eigenvalue weighted by atomic mass is 31.2. The van der Waals surface area contributed by atoms with E-state index in [1.807, 2.05) is 12.1 Å². The average molecular weight is 277 g/mol. The Morgan fingerprint density at radius 2 is 1.74 bits per heavy atom. The molecule has 0 aromatic heterocycles. The molecule has 1 heterocycles. The molecule has 1 aromatic carbocycles. The second kappa shape index (κ2) is 5.25. The van der Waals surface area contributed by atoms with E-state index in [1.165, 1.54) is 5.56 Å². The van der Waals surface area contributed by atoms with Gasteiger partial charge in [-0.15, -0.1) is 0 Å². The van der Waals surface area contributed by atoms with E-state index >= 15 is 0 Å². The highest BCUT2D eigenvalue weighted by molar-refractivity contribution is 7.73. The summed E-state index contributed by atoms with van der Waals surface area (Å²) < 4.78 is 13.5. The largest absolute Gasteiger partial charge is 0.318 e. The summed E-state index contributed by atoms with van der Waals surface area (Å²) in [6, 6.07) is 6.20. The van der Waals surface area contributed by atoms with Gasteiger partial charge in [0.2, 0.25) is 0 Å². The molecule has 0 unspecified atom stereocenters. The Kier molecular flexibility index (Phi) is 4.01. The minimum atomic E-state index is -2.41. The van der Waals surface area contributed by atoms with Gasteiger partial charge in [-0.2, -0.15) is 0 Å². The van der Waals surface area contributed by atoms with Crippen LogP contribution >= 0.6 is 7.14 Å². The fourth-order valence-corrected chi connectivity index (χ4v) is 6.05. The van der Waals surface area contributed by atoms with Gasteiger partial charge in [-0.25, -0.2) is 0 Å². The van der Waals surface area contributed by atoms with Gasteiger partial charge in [-0.3, -0.25) is 4.99 Å². The molecule has 104 valence electrons. The van der Waals surface area contributed by atoms with E-state index in [-0.39, 0.29) is 11.3 Å². The average Bonchev–Trinajstić information content (AvgIpc) is 2.36. The van der Waals surface area contributed by atoms with E-state index in [0.717, 1.165) is 29.5 Å². The van der Waals surface area contributed by atoms with Crippen LogP contribution in [0.1, 0.15) is 46.6 Å². The minimum Gasteiger partial charge on any atom is -0.318 e. The summed E-state index contributed by atoms with van der Waals surface area (Å²) in [4.78, 5) is 4.72. The standard InChI is InChI=1S/C16H24NOP/c1-11(2)19(18,12(3)4)15-8-6-7-14-10-9-13(5)17-16(14)15/h6-8,11-12H,9-10H2,1-5H3. The normalized spacial score (nSPS) is 15.6. The third kappa shape index (κ3) is 2.43. The molecule has 0 bridgehead atoms. The topological polar surface area (TPSA) is 29.4 Å². The van der Waals surface area contributed by atoms with Crippen LogP contribution in [0.5, 0.6) is 0 Å². The molecule has 0 atom stereocenters. The van der Waals surface area contributed by atoms with Crippen molar-refractivity contribution in [1.29, 1.82) is 0 Å². The molecule has 0 spiro atoms. The van der Waals surface area contributed by atoms with Gasteiger partial charge >= 0.3 is 0 Å². The molecule has 0 aliphatic carbocycles. The Morgan fingerprint density at radius 3 is 2.32 bits per heavy atom. The van der Waals surface area contributed by atoms with Crippen molar-refractivity contribution in [1.82, 2.24) is 0 Å². The molecule has 0 saturated carbocycles. The number of para-hydroxylation sites is 1. The lowest BCUT2D eigenvalue weighted by atomic mass is 10.0. The summed E-state index contributed by atoms with van der Waals surface area (Å²) in [7, 11) is -2.41. The molecule has 1 aliphatic heterocycles. The number of aliphatic imine (C=N–C) groups is 1. The number of hydrogen-bond donors (Lipinski definition) is 0. The SMILES string of the molecule is CC1=Nc2c(cccc2P(=O)(C(C)C)C(C)C)CC1. The minimum absolute atomic E-state index is 0.163. The third-order valence-electron chi connectivity index (χ3n) is 4.07. The van der Waals surface area contributed by atoms with Crippen LogP contribution in [-0.2, 0) is 11.0 Å². The molecule has 2 rings (SSSR count). The Bertz CT molecular complexity index is 546. The maximum absolute atomic E-state index is 13.5. The lowest BCUT2D eigenvalue weighted by Crippen LogP contribution is -2.22. The summed E-state index contributed by atoms with van der Waals surface area (Å²) in [5.41, 5.74) is 3.73. The lowest BCUT2D eigenvalue weighted by Gasteiger charge is -2.29. The Hall–Kier alpha value is -0.880. The van der Waals surface area contributed by atoms with E-state index in [4.69, 9.17) is 4.99 Å². The van der Waals surface area contributed by atoms with E-state index in [1.54, 1.807) is 0 Å². The van der Waals surface area contributed by atoms with Crippen LogP contribution in [0.2, 0.25) is 0 Å². The number of benzene rings is 1. The van der Waals surface area contributed by atoms with Crippen molar-refractivity contribution >= 4 is 23.8 Å². The van der Waals surface area contributed by atoms with Crippen molar-refractivity contribution in [3.8, 4) is 0 Å². The van der Waals surface area contributed by atoms with Gasteiger partial charge in [0.05, 0.1) is 5.69 Å². The number of rotatable bonds is 3. The third-order valence-corrected chi connectivity index (χ3v) is 8.25. The first-order valence-electron chi connectivity index (χ1n) is 7.13. The molecule has 0 saturated heterocycles. The fraction of sp³-hybridized carbons (Fsp3) is 0.562. The monoisotopic (exact) mass is 277 g/mol. The predicted octanol–water partition coefficient (Wildman–Crippen LogP) is 4.53. The van der Waals surface area contributed by atoms with Crippen molar-refractivity contribution in [2.75, 3.05) is 0 Å². The second-order valence-electron chi connectivity index (χ2n) is 6.03. The van der Waals surface area contributed by atoms with Gasteiger partial charge in [-0.05, 0) is 31.4 Å². The molecule has 0 radical (unpaired) electrons. The van der Waals surface area contributed by atoms with Crippen molar-refractivity contribution in [3.05, 3.63) is 23.8 Å². The number of hydrogen-bond acceptors (Lipinski definition) is 2. The number of aryl methyl sites for hydroxylation is 1. The van der Waals surface area contributed by atoms with Crippen LogP contribution in [0, 0.1) is 0 Å². The molecule has 0 fully saturated rings. The summed E-state index contributed by atoms with van der Waals surface area (Å²) in [6.07, 6.45) is 2.04. The van der Waals surface area contributed by atoms with Gasteiger partial charge < -0.3 is 4.57 Å². The molecule has 1 aliphatic rings. The quantitative estimate of drug-likeness (QED) is 0.746. The molecular weight excluding hydrogens is 253 g/mol. The molecule has 3 heteroatoms. The van der Waals surface area contributed by atoms with Crippen LogP contribution < -0.4 is 5.30 Å². The number of nitrogens with zero attached hydrogens (tertiary/aromatic N) is 1. The summed E-state index contributed by atoms with van der Waals surface area (Å²) >= 11 is 0. The van der Waals surface area contributed by atoms with Gasteiger partial charge in [0.15, 0.2) is 0 Å². The zero-order valence-corrected chi connectivity index (χ0v) is 13.5. The van der Waals surface area contributed by atoms with E-state index in [0.29, 0.717) is 0 Å². The van der Waals surface area contributed by atoms with Gasteiger partial charge in [0.1, 0.15) is 7.14 Å². The molecule has 0 amide bonds.